The average molecular weight is 1180 g/mol. The van der Waals surface area contributed by atoms with Crippen molar-refractivity contribution in [1.82, 2.24) is 5.32 Å². The van der Waals surface area contributed by atoms with E-state index in [9.17, 15) is 9.59 Å². The highest BCUT2D eigenvalue weighted by atomic mass is 16.6. The Morgan fingerprint density at radius 3 is 1.58 bits per heavy atom. The summed E-state index contributed by atoms with van der Waals surface area (Å²) in [5, 5.41) is 11.1. The van der Waals surface area contributed by atoms with E-state index < -0.39 is 11.6 Å². The minimum atomic E-state index is -0.479. The van der Waals surface area contributed by atoms with Gasteiger partial charge in [-0.15, -0.1) is 0 Å². The summed E-state index contributed by atoms with van der Waals surface area (Å²) in [4.78, 5) is 30.0. The van der Waals surface area contributed by atoms with Crippen LogP contribution in [-0.2, 0) is 55.5 Å². The Morgan fingerprint density at radius 1 is 0.624 bits per heavy atom. The molecule has 0 aliphatic carbocycles. The molecule has 0 spiro atoms. The van der Waals surface area contributed by atoms with Crippen molar-refractivity contribution in [1.29, 1.82) is 5.26 Å². The first-order chi connectivity index (χ1) is 40.6. The van der Waals surface area contributed by atoms with Gasteiger partial charge in [-0.25, -0.2) is 22.7 Å². The number of hydrogen-bond acceptors (Lipinski definition) is 11. The van der Waals surface area contributed by atoms with Crippen LogP contribution in [0, 0.1) is 36.3 Å². The van der Waals surface area contributed by atoms with Crippen molar-refractivity contribution in [3.8, 4) is 6.07 Å². The van der Waals surface area contributed by atoms with E-state index in [4.69, 9.17) is 56.3 Å². The summed E-state index contributed by atoms with van der Waals surface area (Å²) in [5.74, 6) is 1.37. The number of nitrogens with zero attached hydrogens (tertiary/aromatic N) is 3. The number of rotatable bonds is 35. The molecule has 14 nitrogen and oxygen atoms in total. The van der Waals surface area contributed by atoms with Crippen LogP contribution < -0.4 is 5.32 Å². The van der Waals surface area contributed by atoms with Crippen molar-refractivity contribution >= 4 is 18.1 Å². The number of benzene rings is 3. The molecular formula is C71H112N4O10. The largest absolute Gasteiger partial charge is 0.499 e. The minimum Gasteiger partial charge on any atom is -0.499 e. The van der Waals surface area contributed by atoms with Crippen LogP contribution in [0.5, 0.6) is 0 Å². The van der Waals surface area contributed by atoms with Crippen LogP contribution in [0.1, 0.15) is 193 Å². The third-order valence-electron chi connectivity index (χ3n) is 13.7. The lowest BCUT2D eigenvalue weighted by atomic mass is 9.81. The highest BCUT2D eigenvalue weighted by molar-refractivity contribution is 5.89. The highest BCUT2D eigenvalue weighted by Gasteiger charge is 2.25. The lowest BCUT2D eigenvalue weighted by Crippen LogP contribution is -2.41. The van der Waals surface area contributed by atoms with Gasteiger partial charge in [-0.1, -0.05) is 169 Å². The predicted molar refractivity (Wildman–Crippen MR) is 350 cm³/mol. The summed E-state index contributed by atoms with van der Waals surface area (Å²) in [6.07, 6.45) is 11.9. The first kappa shape index (κ1) is 82.9. The molecule has 476 valence electrons. The predicted octanol–water partition coefficient (Wildman–Crippen LogP) is 17.4. The zero-order chi connectivity index (χ0) is 64.7. The number of esters is 1. The van der Waals surface area contributed by atoms with Crippen molar-refractivity contribution in [2.45, 2.75) is 184 Å². The molecule has 3 aromatic rings. The molecule has 85 heavy (non-hydrogen) atoms. The highest BCUT2D eigenvalue weighted by Crippen LogP contribution is 2.29. The Morgan fingerprint density at radius 2 is 1.13 bits per heavy atom. The van der Waals surface area contributed by atoms with Gasteiger partial charge in [-0.2, -0.15) is 5.26 Å². The molecule has 0 aliphatic rings. The van der Waals surface area contributed by atoms with Gasteiger partial charge < -0.3 is 52.9 Å². The van der Waals surface area contributed by atoms with E-state index in [1.54, 1.807) is 6.08 Å². The Bertz CT molecular complexity index is 2240. The number of nitrogens with one attached hydrogen (secondary N) is 1. The molecule has 3 rings (SSSR count). The molecule has 0 bridgehead atoms. The first-order valence-electron chi connectivity index (χ1n) is 30.5. The van der Waals surface area contributed by atoms with E-state index in [2.05, 4.69) is 154 Å². The fraction of sp³-hybridized carbons (Fsp3) is 0.592. The first-order valence-corrected chi connectivity index (χ1v) is 30.5. The quantitative estimate of drug-likeness (QED) is 0.0197. The summed E-state index contributed by atoms with van der Waals surface area (Å²) in [6, 6.07) is 26.2. The van der Waals surface area contributed by atoms with Crippen LogP contribution in [0.15, 0.2) is 105 Å². The Kier molecular flexibility index (Phi) is 53.0. The van der Waals surface area contributed by atoms with Crippen molar-refractivity contribution in [3.05, 3.63) is 161 Å². The maximum absolute atomic E-state index is 11.8. The second kappa shape index (κ2) is 54.3. The third kappa shape index (κ3) is 45.7. The standard InChI is InChI=1S/C18H27NO2.C17H24O4.C15H22O2.C9H17NO2.2C6H11N/c1-7-13-21-16(20)19-18(5,6)15-11-9-14(10-12-15)17(3,4)8-2;1-4-14(3)15-6-8-16(9-7-15)17(18)21-13-12-20-11-10-19-5-2;1-4-13(3)17-11-10-16-12-15-8-6-14(5-2)7-9-15;1-3-9(2)12-8-7-11-6-4-5-10;2*1-4-6(2)5-7-3/h7,9-12H,1,8,13H2,2-6H3,(H,19,20);5-9,14H,2,4,10-13H2,1,3H3;5-9,13H,2,4,10-12H2,1,3H3;9H,3-4,6-8H2,1-2H3;2*6H,4-5H2,1-2H3. The molecule has 5 atom stereocenters. The van der Waals surface area contributed by atoms with Crippen molar-refractivity contribution < 1.29 is 47.5 Å². The van der Waals surface area contributed by atoms with Crippen LogP contribution in [0.25, 0.3) is 15.8 Å². The summed E-state index contributed by atoms with van der Waals surface area (Å²) in [7, 11) is 0. The normalized spacial score (nSPS) is 12.1. The fourth-order valence-corrected chi connectivity index (χ4v) is 6.37. The molecule has 0 aliphatic heterocycles. The van der Waals surface area contributed by atoms with Gasteiger partial charge in [0.2, 0.25) is 13.1 Å². The lowest BCUT2D eigenvalue weighted by molar-refractivity contribution is 0.00633. The fourth-order valence-electron chi connectivity index (χ4n) is 6.37. The molecular weight excluding hydrogens is 1070 g/mol. The molecule has 0 aromatic heterocycles. The van der Waals surface area contributed by atoms with Gasteiger partial charge in [-0.3, -0.25) is 0 Å². The van der Waals surface area contributed by atoms with Crippen LogP contribution >= 0.6 is 0 Å². The van der Waals surface area contributed by atoms with Crippen LogP contribution in [-0.4, -0.2) is 103 Å². The molecule has 0 fully saturated rings. The number of carbonyl (C=O) groups excluding carboxylic acids is 2. The van der Waals surface area contributed by atoms with Crippen LogP contribution in [0.4, 0.5) is 4.79 Å². The van der Waals surface area contributed by atoms with Crippen molar-refractivity contribution in [2.24, 2.45) is 11.8 Å². The second-order valence-corrected chi connectivity index (χ2v) is 21.6. The van der Waals surface area contributed by atoms with Gasteiger partial charge in [0.25, 0.3) is 0 Å². The summed E-state index contributed by atoms with van der Waals surface area (Å²) in [6.45, 7) is 62.0. The monoisotopic (exact) mass is 1180 g/mol. The Balaban J connectivity index is -0.000000993. The number of carbonyl (C=O) groups is 2. The summed E-state index contributed by atoms with van der Waals surface area (Å²) in [5.41, 5.74) is 6.16. The Labute approximate surface area is 516 Å². The maximum Gasteiger partial charge on any atom is 0.408 e. The zero-order valence-electron chi connectivity index (χ0n) is 55.2. The van der Waals surface area contributed by atoms with Gasteiger partial charge in [0.05, 0.1) is 94.9 Å². The smallest absolute Gasteiger partial charge is 0.408 e. The number of hydrogen-bond donors (Lipinski definition) is 1. The van der Waals surface area contributed by atoms with E-state index in [0.29, 0.717) is 114 Å². The third-order valence-corrected chi connectivity index (χ3v) is 13.7. The topological polar surface area (TPSA) is 153 Å². The van der Waals surface area contributed by atoms with Gasteiger partial charge in [0.1, 0.15) is 19.8 Å². The van der Waals surface area contributed by atoms with Gasteiger partial charge in [-0.05, 0) is 118 Å². The maximum atomic E-state index is 11.8. The number of alkyl carbamates (subject to hydrolysis) is 1. The molecule has 1 amide bonds. The van der Waals surface area contributed by atoms with Crippen LogP contribution in [0.2, 0.25) is 0 Å². The molecule has 0 heterocycles. The molecule has 14 heteroatoms. The number of ether oxygens (including phenoxy) is 8. The minimum absolute atomic E-state index is 0.166. The molecule has 1 N–H and O–H groups in total. The van der Waals surface area contributed by atoms with Crippen LogP contribution in [0.3, 0.4) is 0 Å². The Hall–Kier alpha value is -6.31. The summed E-state index contributed by atoms with van der Waals surface area (Å²) < 4.78 is 41.8. The zero-order valence-corrected chi connectivity index (χ0v) is 55.2. The molecule has 0 saturated heterocycles. The SMILES string of the molecule is C=CCOC(=O)NC(C)(C)c1ccc(C(C)(C)CC)cc1.C=COCCOCCOC(=O)c1ccc(C(C)CC)cc1.C=Cc1ccc(COCCOC(C)CC)cc1.CCC(C)OCCOCCC#N.[C-]#[N+]CC(C)CC.[C-]#[N+]CC(C)CC. The number of nitriles is 1. The molecule has 3 aromatic carbocycles. The second-order valence-electron chi connectivity index (χ2n) is 21.6. The average Bonchev–Trinajstić information content (AvgIpc) is 3.69. The van der Waals surface area contributed by atoms with Crippen molar-refractivity contribution in [3.63, 3.8) is 0 Å². The molecule has 5 unspecified atom stereocenters. The van der Waals surface area contributed by atoms with Crippen molar-refractivity contribution in [2.75, 3.05) is 79.2 Å². The number of amides is 1. The lowest BCUT2D eigenvalue weighted by Gasteiger charge is -2.28. The summed E-state index contributed by atoms with van der Waals surface area (Å²) >= 11 is 0. The van der Waals surface area contributed by atoms with Gasteiger partial charge in [0, 0.05) is 11.8 Å². The van der Waals surface area contributed by atoms with E-state index in [-0.39, 0.29) is 24.6 Å². The molecule has 0 saturated carbocycles. The van der Waals surface area contributed by atoms with Gasteiger partial charge in [0.15, 0.2) is 0 Å². The van der Waals surface area contributed by atoms with Gasteiger partial charge >= 0.3 is 12.1 Å². The van der Waals surface area contributed by atoms with E-state index in [1.807, 2.05) is 69.3 Å². The van der Waals surface area contributed by atoms with E-state index >= 15 is 0 Å². The van der Waals surface area contributed by atoms with E-state index in [1.165, 1.54) is 23.0 Å². The molecule has 0 radical (unpaired) electrons. The van der Waals surface area contributed by atoms with E-state index in [0.717, 1.165) is 49.7 Å².